The van der Waals surface area contributed by atoms with Crippen molar-refractivity contribution in [2.45, 2.75) is 40.2 Å². The zero-order valence-electron chi connectivity index (χ0n) is 16.4. The molecule has 0 spiro atoms. The Morgan fingerprint density at radius 2 is 2.00 bits per heavy atom. The van der Waals surface area contributed by atoms with Crippen LogP contribution in [0.25, 0.3) is 11.4 Å². The molecule has 2 heterocycles. The molecule has 2 aromatic heterocycles. The fourth-order valence-corrected chi connectivity index (χ4v) is 2.93. The number of aromatic nitrogens is 4. The van der Waals surface area contributed by atoms with Crippen molar-refractivity contribution in [3.63, 3.8) is 0 Å². The Morgan fingerprint density at radius 3 is 2.70 bits per heavy atom. The quantitative estimate of drug-likeness (QED) is 0.721. The van der Waals surface area contributed by atoms with E-state index >= 15 is 0 Å². The van der Waals surface area contributed by atoms with E-state index in [4.69, 9.17) is 4.52 Å². The summed E-state index contributed by atoms with van der Waals surface area (Å²) in [6.07, 6.45) is 0.833. The Kier molecular flexibility index (Phi) is 5.39. The normalized spacial score (nSPS) is 12.4. The van der Waals surface area contributed by atoms with Gasteiger partial charge in [0.2, 0.25) is 11.7 Å². The fourth-order valence-electron chi connectivity index (χ4n) is 2.93. The zero-order chi connectivity index (χ0) is 19.6. The second kappa shape index (κ2) is 7.73. The summed E-state index contributed by atoms with van der Waals surface area (Å²) in [6, 6.07) is 9.25. The summed E-state index contributed by atoms with van der Waals surface area (Å²) in [5.41, 5.74) is 3.39. The summed E-state index contributed by atoms with van der Waals surface area (Å²) < 4.78 is 6.97. The highest BCUT2D eigenvalue weighted by Crippen LogP contribution is 2.22. The smallest absolute Gasteiger partial charge is 0.270 e. The topological polar surface area (TPSA) is 85.8 Å². The van der Waals surface area contributed by atoms with Crippen LogP contribution in [0.3, 0.4) is 0 Å². The molecule has 3 rings (SSSR count). The molecule has 0 saturated carbocycles. The fraction of sp³-hybridized carbons (Fsp3) is 0.400. The van der Waals surface area contributed by atoms with Gasteiger partial charge in [-0.25, -0.2) is 0 Å². The van der Waals surface area contributed by atoms with Gasteiger partial charge in [0.15, 0.2) is 0 Å². The SMILES string of the molecule is Cc1ccccc1-c1noc([C@H](C)NC(=O)c2cc(CC(C)C)nn2C)n1. The van der Waals surface area contributed by atoms with Crippen LogP contribution in [0.4, 0.5) is 0 Å². The van der Waals surface area contributed by atoms with Crippen molar-refractivity contribution in [2.75, 3.05) is 0 Å². The number of carbonyl (C=O) groups excluding carboxylic acids is 1. The van der Waals surface area contributed by atoms with Crippen LogP contribution in [-0.2, 0) is 13.5 Å². The van der Waals surface area contributed by atoms with Gasteiger partial charge in [-0.1, -0.05) is 43.3 Å². The van der Waals surface area contributed by atoms with Gasteiger partial charge in [0.05, 0.1) is 5.69 Å². The summed E-state index contributed by atoms with van der Waals surface area (Å²) in [6.45, 7) is 8.06. The monoisotopic (exact) mass is 367 g/mol. The number of nitrogens with zero attached hydrogens (tertiary/aromatic N) is 4. The minimum Gasteiger partial charge on any atom is -0.339 e. The number of amides is 1. The predicted octanol–water partition coefficient (Wildman–Crippen LogP) is 3.47. The summed E-state index contributed by atoms with van der Waals surface area (Å²) in [4.78, 5) is 17.1. The Hall–Kier alpha value is -2.96. The van der Waals surface area contributed by atoms with Crippen LogP contribution in [0.5, 0.6) is 0 Å². The molecule has 1 amide bonds. The third-order valence-corrected chi connectivity index (χ3v) is 4.33. The van der Waals surface area contributed by atoms with Crippen molar-refractivity contribution < 1.29 is 9.32 Å². The zero-order valence-corrected chi connectivity index (χ0v) is 16.4. The summed E-state index contributed by atoms with van der Waals surface area (Å²) in [5, 5.41) is 11.4. The summed E-state index contributed by atoms with van der Waals surface area (Å²) in [7, 11) is 1.77. The first kappa shape index (κ1) is 18.8. The molecule has 0 radical (unpaired) electrons. The predicted molar refractivity (Wildman–Crippen MR) is 102 cm³/mol. The maximum Gasteiger partial charge on any atom is 0.270 e. The lowest BCUT2D eigenvalue weighted by atomic mass is 10.1. The van der Waals surface area contributed by atoms with Crippen molar-refractivity contribution in [3.05, 3.63) is 53.2 Å². The molecule has 3 aromatic rings. The number of carbonyl (C=O) groups is 1. The van der Waals surface area contributed by atoms with E-state index in [9.17, 15) is 4.79 Å². The molecule has 7 nitrogen and oxygen atoms in total. The van der Waals surface area contributed by atoms with Gasteiger partial charge < -0.3 is 9.84 Å². The van der Waals surface area contributed by atoms with Gasteiger partial charge in [-0.15, -0.1) is 0 Å². The molecule has 1 aromatic carbocycles. The van der Waals surface area contributed by atoms with Crippen LogP contribution in [0.15, 0.2) is 34.9 Å². The first-order valence-corrected chi connectivity index (χ1v) is 9.08. The van der Waals surface area contributed by atoms with E-state index in [1.165, 1.54) is 0 Å². The Labute approximate surface area is 158 Å². The minimum atomic E-state index is -0.411. The molecule has 0 saturated heterocycles. The molecule has 1 atom stereocenters. The number of aryl methyl sites for hydroxylation is 2. The van der Waals surface area contributed by atoms with Crippen LogP contribution in [-0.4, -0.2) is 25.8 Å². The number of hydrogen-bond donors (Lipinski definition) is 1. The van der Waals surface area contributed by atoms with E-state index < -0.39 is 6.04 Å². The minimum absolute atomic E-state index is 0.219. The van der Waals surface area contributed by atoms with Gasteiger partial charge >= 0.3 is 0 Å². The van der Waals surface area contributed by atoms with Crippen LogP contribution < -0.4 is 5.32 Å². The molecular formula is C20H25N5O2. The van der Waals surface area contributed by atoms with E-state index in [2.05, 4.69) is 34.4 Å². The van der Waals surface area contributed by atoms with Crippen molar-refractivity contribution in [3.8, 4) is 11.4 Å². The average molecular weight is 367 g/mol. The maximum absolute atomic E-state index is 12.6. The first-order chi connectivity index (χ1) is 12.8. The number of rotatable bonds is 6. The molecule has 27 heavy (non-hydrogen) atoms. The average Bonchev–Trinajstić information content (AvgIpc) is 3.21. The van der Waals surface area contributed by atoms with Crippen molar-refractivity contribution >= 4 is 5.91 Å². The standard InChI is InChI=1S/C20H25N5O2/c1-12(2)10-15-11-17(25(5)23-15)19(26)21-14(4)20-22-18(24-27-20)16-9-7-6-8-13(16)3/h6-9,11-12,14H,10H2,1-5H3,(H,21,26)/t14-/m0/s1. The second-order valence-electron chi connectivity index (χ2n) is 7.21. The lowest BCUT2D eigenvalue weighted by Crippen LogP contribution is -2.28. The van der Waals surface area contributed by atoms with E-state index in [0.29, 0.717) is 23.3 Å². The van der Waals surface area contributed by atoms with E-state index in [-0.39, 0.29) is 5.91 Å². The van der Waals surface area contributed by atoms with Gasteiger partial charge in [0.1, 0.15) is 11.7 Å². The van der Waals surface area contributed by atoms with E-state index in [0.717, 1.165) is 23.2 Å². The van der Waals surface area contributed by atoms with Gasteiger partial charge in [0.25, 0.3) is 5.91 Å². The second-order valence-corrected chi connectivity index (χ2v) is 7.21. The maximum atomic E-state index is 12.6. The number of benzene rings is 1. The van der Waals surface area contributed by atoms with Crippen LogP contribution in [0.1, 0.15) is 54.4 Å². The molecular weight excluding hydrogens is 342 g/mol. The van der Waals surface area contributed by atoms with Crippen molar-refractivity contribution in [1.82, 2.24) is 25.2 Å². The highest BCUT2D eigenvalue weighted by atomic mass is 16.5. The van der Waals surface area contributed by atoms with Crippen molar-refractivity contribution in [1.29, 1.82) is 0 Å². The van der Waals surface area contributed by atoms with Gasteiger partial charge in [0, 0.05) is 12.6 Å². The van der Waals surface area contributed by atoms with E-state index in [1.807, 2.05) is 44.2 Å². The molecule has 0 bridgehead atoms. The lowest BCUT2D eigenvalue weighted by molar-refractivity contribution is 0.0923. The molecule has 0 unspecified atom stereocenters. The number of hydrogen-bond acceptors (Lipinski definition) is 5. The van der Waals surface area contributed by atoms with E-state index in [1.54, 1.807) is 11.7 Å². The number of nitrogens with one attached hydrogen (secondary N) is 1. The first-order valence-electron chi connectivity index (χ1n) is 9.08. The van der Waals surface area contributed by atoms with Crippen LogP contribution in [0, 0.1) is 12.8 Å². The summed E-state index contributed by atoms with van der Waals surface area (Å²) in [5.74, 6) is 1.14. The summed E-state index contributed by atoms with van der Waals surface area (Å²) >= 11 is 0. The molecule has 0 aliphatic carbocycles. The molecule has 0 aliphatic rings. The Balaban J connectivity index is 1.72. The molecule has 0 aliphatic heterocycles. The molecule has 1 N–H and O–H groups in total. The third-order valence-electron chi connectivity index (χ3n) is 4.33. The van der Waals surface area contributed by atoms with Gasteiger partial charge in [-0.05, 0) is 37.8 Å². The van der Waals surface area contributed by atoms with Crippen LogP contribution >= 0.6 is 0 Å². The van der Waals surface area contributed by atoms with Gasteiger partial charge in [-0.3, -0.25) is 9.48 Å². The van der Waals surface area contributed by atoms with Gasteiger partial charge in [-0.2, -0.15) is 10.1 Å². The molecule has 7 heteroatoms. The largest absolute Gasteiger partial charge is 0.339 e. The van der Waals surface area contributed by atoms with Crippen molar-refractivity contribution in [2.24, 2.45) is 13.0 Å². The molecule has 0 fully saturated rings. The Bertz CT molecular complexity index is 942. The lowest BCUT2D eigenvalue weighted by Gasteiger charge is -2.09. The van der Waals surface area contributed by atoms with Crippen LogP contribution in [0.2, 0.25) is 0 Å². The highest BCUT2D eigenvalue weighted by Gasteiger charge is 2.21. The Morgan fingerprint density at radius 1 is 1.26 bits per heavy atom. The molecule has 142 valence electrons. The third kappa shape index (κ3) is 4.24. The highest BCUT2D eigenvalue weighted by molar-refractivity contribution is 5.92.